The third kappa shape index (κ3) is 1.72. The molecule has 0 amide bonds. The maximum atomic E-state index is 9.60. The first-order valence-electron chi connectivity index (χ1n) is 5.24. The monoisotopic (exact) mass is 259 g/mol. The van der Waals surface area contributed by atoms with Crippen molar-refractivity contribution in [2.24, 2.45) is 4.99 Å². The molecule has 1 aromatic heterocycles. The smallest absolute Gasteiger partial charge is 0.215 e. The summed E-state index contributed by atoms with van der Waals surface area (Å²) in [5.41, 5.74) is 2.88. The number of hydrogen-bond donors (Lipinski definition) is 4. The summed E-state index contributed by atoms with van der Waals surface area (Å²) in [6, 6.07) is 4.95. The Morgan fingerprint density at radius 2 is 2.06 bits per heavy atom. The lowest BCUT2D eigenvalue weighted by Crippen LogP contribution is -1.81. The highest BCUT2D eigenvalue weighted by atomic mass is 32.1. The number of imidazole rings is 1. The van der Waals surface area contributed by atoms with Crippen LogP contribution in [0, 0.1) is 4.77 Å². The number of hydrogen-bond acceptors (Lipinski definition) is 4. The third-order valence-electron chi connectivity index (χ3n) is 2.67. The van der Waals surface area contributed by atoms with Gasteiger partial charge in [0.15, 0.2) is 4.77 Å². The van der Waals surface area contributed by atoms with E-state index in [0.29, 0.717) is 10.5 Å². The van der Waals surface area contributed by atoms with E-state index in [2.05, 4.69) is 15.0 Å². The number of H-pyrrole nitrogens is 2. The number of aromatic amines is 2. The van der Waals surface area contributed by atoms with Gasteiger partial charge in [-0.25, -0.2) is 0 Å². The van der Waals surface area contributed by atoms with Gasteiger partial charge in [-0.3, -0.25) is 4.99 Å². The quantitative estimate of drug-likeness (QED) is 0.594. The van der Waals surface area contributed by atoms with E-state index in [0.717, 1.165) is 16.8 Å². The molecular weight excluding hydrogens is 250 g/mol. The van der Waals surface area contributed by atoms with Crippen LogP contribution >= 0.6 is 12.2 Å². The Balaban J connectivity index is 2.11. The van der Waals surface area contributed by atoms with Gasteiger partial charge < -0.3 is 20.2 Å². The standard InChI is InChI=1S/C12H9N3O2S/c16-7-1-2-9-8(4-7)6(5-13-9)3-10-11(17)15-12(18)14-10/h1-5,16-17H,(H2,14,15,18)/b6-3-. The average Bonchev–Trinajstić information content (AvgIpc) is 2.84. The van der Waals surface area contributed by atoms with Gasteiger partial charge in [-0.2, -0.15) is 0 Å². The van der Waals surface area contributed by atoms with Crippen LogP contribution in [0.15, 0.2) is 23.2 Å². The minimum absolute atomic E-state index is 0.0190. The number of benzene rings is 1. The molecule has 0 atom stereocenters. The van der Waals surface area contributed by atoms with Crippen molar-refractivity contribution in [1.29, 1.82) is 0 Å². The summed E-state index contributed by atoms with van der Waals surface area (Å²) in [4.78, 5) is 9.64. The predicted molar refractivity (Wildman–Crippen MR) is 71.8 cm³/mol. The molecule has 1 aliphatic heterocycles. The van der Waals surface area contributed by atoms with Crippen LogP contribution in [0.5, 0.6) is 11.6 Å². The van der Waals surface area contributed by atoms with E-state index >= 15 is 0 Å². The van der Waals surface area contributed by atoms with Crippen molar-refractivity contribution >= 4 is 35.8 Å². The number of aliphatic imine (C=N–C) groups is 1. The van der Waals surface area contributed by atoms with Crippen molar-refractivity contribution < 1.29 is 10.2 Å². The Bertz CT molecular complexity index is 740. The predicted octanol–water partition coefficient (Wildman–Crippen LogP) is 2.74. The summed E-state index contributed by atoms with van der Waals surface area (Å²) in [7, 11) is 0. The fourth-order valence-corrected chi connectivity index (χ4v) is 2.05. The molecule has 3 rings (SSSR count). The Morgan fingerprint density at radius 1 is 1.22 bits per heavy atom. The van der Waals surface area contributed by atoms with Crippen molar-refractivity contribution in [2.75, 3.05) is 0 Å². The van der Waals surface area contributed by atoms with Crippen LogP contribution in [0.1, 0.15) is 11.3 Å². The Hall–Kier alpha value is -2.34. The van der Waals surface area contributed by atoms with Crippen LogP contribution in [0.25, 0.3) is 11.6 Å². The van der Waals surface area contributed by atoms with Crippen LogP contribution in [0.4, 0.5) is 5.69 Å². The van der Waals surface area contributed by atoms with E-state index in [4.69, 9.17) is 12.2 Å². The van der Waals surface area contributed by atoms with E-state index in [9.17, 15) is 10.2 Å². The minimum atomic E-state index is -0.0190. The molecular formula is C12H9N3O2S. The lowest BCUT2D eigenvalue weighted by Gasteiger charge is -2.00. The second-order valence-corrected chi connectivity index (χ2v) is 4.31. The number of rotatable bonds is 1. The van der Waals surface area contributed by atoms with Gasteiger partial charge in [0.1, 0.15) is 11.4 Å². The Labute approximate surface area is 107 Å². The maximum Gasteiger partial charge on any atom is 0.215 e. The SMILES string of the molecule is Oc1ccc2c(c1)/C(=C\c1[nH]c(=S)[nH]c1O)C=N2. The number of aromatic hydroxyl groups is 2. The van der Waals surface area contributed by atoms with Crippen LogP contribution in [-0.2, 0) is 0 Å². The average molecular weight is 259 g/mol. The Kier molecular flexibility index (Phi) is 2.31. The molecule has 0 saturated carbocycles. The van der Waals surface area contributed by atoms with Crippen LogP contribution in [0.2, 0.25) is 0 Å². The molecule has 0 radical (unpaired) electrons. The number of nitrogens with one attached hydrogen (secondary N) is 2. The molecule has 18 heavy (non-hydrogen) atoms. The second-order valence-electron chi connectivity index (χ2n) is 3.90. The maximum absolute atomic E-state index is 9.60. The summed E-state index contributed by atoms with van der Waals surface area (Å²) in [6.07, 6.45) is 3.39. The van der Waals surface area contributed by atoms with E-state index < -0.39 is 0 Å². The molecule has 5 nitrogen and oxygen atoms in total. The molecule has 2 aromatic rings. The first-order chi connectivity index (χ1) is 8.63. The zero-order valence-corrected chi connectivity index (χ0v) is 9.95. The molecule has 0 unspecified atom stereocenters. The minimum Gasteiger partial charge on any atom is -0.508 e. The summed E-state index contributed by atoms with van der Waals surface area (Å²) in [5, 5.41) is 19.1. The number of fused-ring (bicyclic) bond motifs is 1. The number of allylic oxidation sites excluding steroid dienone is 1. The number of phenolic OH excluding ortho intramolecular Hbond substituents is 1. The molecule has 6 heteroatoms. The normalized spacial score (nSPS) is 15.2. The van der Waals surface area contributed by atoms with Crippen LogP contribution < -0.4 is 0 Å². The highest BCUT2D eigenvalue weighted by molar-refractivity contribution is 7.71. The van der Waals surface area contributed by atoms with Gasteiger partial charge in [0.25, 0.3) is 0 Å². The van der Waals surface area contributed by atoms with Gasteiger partial charge in [-0.1, -0.05) is 0 Å². The Morgan fingerprint density at radius 3 is 2.78 bits per heavy atom. The molecule has 0 spiro atoms. The molecule has 1 aromatic carbocycles. The number of nitrogens with zero attached hydrogens (tertiary/aromatic N) is 1. The summed E-state index contributed by atoms with van der Waals surface area (Å²) < 4.78 is 0.352. The van der Waals surface area contributed by atoms with Gasteiger partial charge in [0.05, 0.1) is 5.69 Å². The van der Waals surface area contributed by atoms with Gasteiger partial charge in [0.2, 0.25) is 5.88 Å². The molecule has 0 bridgehead atoms. The van der Waals surface area contributed by atoms with Gasteiger partial charge in [-0.05, 0) is 36.5 Å². The summed E-state index contributed by atoms with van der Waals surface area (Å²) >= 11 is 4.89. The topological polar surface area (TPSA) is 84.4 Å². The van der Waals surface area contributed by atoms with E-state index in [-0.39, 0.29) is 11.6 Å². The zero-order valence-electron chi connectivity index (χ0n) is 9.14. The van der Waals surface area contributed by atoms with E-state index in [1.165, 1.54) is 0 Å². The lowest BCUT2D eigenvalue weighted by atomic mass is 10.1. The fraction of sp³-hybridized carbons (Fsp3) is 0. The molecule has 0 saturated heterocycles. The van der Waals surface area contributed by atoms with E-state index in [1.54, 1.807) is 30.5 Å². The van der Waals surface area contributed by atoms with E-state index in [1.807, 2.05) is 0 Å². The highest BCUT2D eigenvalue weighted by Crippen LogP contribution is 2.35. The highest BCUT2D eigenvalue weighted by Gasteiger charge is 2.14. The first-order valence-corrected chi connectivity index (χ1v) is 5.65. The largest absolute Gasteiger partial charge is 0.508 e. The van der Waals surface area contributed by atoms with Crippen molar-refractivity contribution in [3.63, 3.8) is 0 Å². The van der Waals surface area contributed by atoms with Gasteiger partial charge in [0, 0.05) is 17.4 Å². The molecule has 90 valence electrons. The summed E-state index contributed by atoms with van der Waals surface area (Å²) in [5.74, 6) is 0.158. The van der Waals surface area contributed by atoms with Crippen molar-refractivity contribution in [1.82, 2.24) is 9.97 Å². The fourth-order valence-electron chi connectivity index (χ4n) is 1.84. The van der Waals surface area contributed by atoms with Crippen LogP contribution in [-0.4, -0.2) is 26.4 Å². The third-order valence-corrected chi connectivity index (χ3v) is 2.87. The lowest BCUT2D eigenvalue weighted by molar-refractivity contribution is 0.455. The van der Waals surface area contributed by atoms with Crippen molar-refractivity contribution in [3.8, 4) is 11.6 Å². The first kappa shape index (κ1) is 10.8. The van der Waals surface area contributed by atoms with Crippen molar-refractivity contribution in [2.45, 2.75) is 0 Å². The zero-order chi connectivity index (χ0) is 12.7. The number of phenols is 1. The molecule has 2 heterocycles. The van der Waals surface area contributed by atoms with Gasteiger partial charge >= 0.3 is 0 Å². The molecule has 4 N–H and O–H groups in total. The van der Waals surface area contributed by atoms with Crippen LogP contribution in [0.3, 0.4) is 0 Å². The van der Waals surface area contributed by atoms with Gasteiger partial charge in [-0.15, -0.1) is 0 Å². The number of aromatic nitrogens is 2. The summed E-state index contributed by atoms with van der Waals surface area (Å²) in [6.45, 7) is 0. The molecule has 1 aliphatic rings. The molecule has 0 fully saturated rings. The second kappa shape index (κ2) is 3.85. The molecule has 0 aliphatic carbocycles. The van der Waals surface area contributed by atoms with Crippen molar-refractivity contribution in [3.05, 3.63) is 34.2 Å².